The Labute approximate surface area is 124 Å². The van der Waals surface area contributed by atoms with E-state index in [-0.39, 0.29) is 12.0 Å². The third kappa shape index (κ3) is 3.33. The van der Waals surface area contributed by atoms with E-state index in [1.54, 1.807) is 6.20 Å². The highest BCUT2D eigenvalue weighted by molar-refractivity contribution is 5.94. The Kier molecular flexibility index (Phi) is 4.36. The molecule has 2 aliphatic heterocycles. The van der Waals surface area contributed by atoms with Crippen LogP contribution in [-0.2, 0) is 9.47 Å². The molecule has 21 heavy (non-hydrogen) atoms. The molecule has 0 aromatic carbocycles. The van der Waals surface area contributed by atoms with Crippen LogP contribution in [0.25, 0.3) is 0 Å². The van der Waals surface area contributed by atoms with Crippen molar-refractivity contribution >= 4 is 11.7 Å². The molecule has 3 heterocycles. The second-order valence-electron chi connectivity index (χ2n) is 5.44. The van der Waals surface area contributed by atoms with Crippen LogP contribution in [0.15, 0.2) is 18.3 Å². The molecule has 114 valence electrons. The lowest BCUT2D eigenvalue weighted by atomic mass is 10.2. The van der Waals surface area contributed by atoms with Crippen molar-refractivity contribution in [2.75, 3.05) is 50.9 Å². The van der Waals surface area contributed by atoms with Crippen LogP contribution in [0, 0.1) is 0 Å². The fraction of sp³-hybridized carbons (Fsp3) is 0.600. The van der Waals surface area contributed by atoms with E-state index in [2.05, 4.69) is 9.88 Å². The Hall–Kier alpha value is -1.66. The number of pyridine rings is 1. The van der Waals surface area contributed by atoms with Gasteiger partial charge in [0, 0.05) is 32.4 Å². The van der Waals surface area contributed by atoms with Crippen molar-refractivity contribution in [2.24, 2.45) is 0 Å². The van der Waals surface area contributed by atoms with E-state index < -0.39 is 0 Å². The first-order chi connectivity index (χ1) is 10.2. The van der Waals surface area contributed by atoms with E-state index in [1.165, 1.54) is 0 Å². The summed E-state index contributed by atoms with van der Waals surface area (Å²) in [4.78, 5) is 20.9. The van der Waals surface area contributed by atoms with Crippen molar-refractivity contribution < 1.29 is 14.3 Å². The van der Waals surface area contributed by atoms with E-state index >= 15 is 0 Å². The molecule has 1 amide bonds. The van der Waals surface area contributed by atoms with Gasteiger partial charge in [0.05, 0.1) is 31.5 Å². The van der Waals surface area contributed by atoms with Gasteiger partial charge in [-0.05, 0) is 19.1 Å². The Morgan fingerprint density at radius 1 is 1.24 bits per heavy atom. The Bertz CT molecular complexity index is 485. The maximum absolute atomic E-state index is 12.4. The van der Waals surface area contributed by atoms with Gasteiger partial charge in [-0.2, -0.15) is 0 Å². The number of amides is 1. The predicted octanol–water partition coefficient (Wildman–Crippen LogP) is 0.779. The number of anilines is 1. The monoisotopic (exact) mass is 291 g/mol. The molecule has 1 atom stereocenters. The summed E-state index contributed by atoms with van der Waals surface area (Å²) in [6.45, 7) is 7.04. The topological polar surface area (TPSA) is 54.9 Å². The lowest BCUT2D eigenvalue weighted by Gasteiger charge is -2.31. The number of ether oxygens (including phenoxy) is 2. The Morgan fingerprint density at radius 2 is 2.05 bits per heavy atom. The molecule has 1 aromatic heterocycles. The molecule has 0 unspecified atom stereocenters. The molecular weight excluding hydrogens is 270 g/mol. The number of hydrogen-bond acceptors (Lipinski definition) is 5. The summed E-state index contributed by atoms with van der Waals surface area (Å²) in [6.07, 6.45) is 1.77. The quantitative estimate of drug-likeness (QED) is 0.806. The lowest BCUT2D eigenvalue weighted by molar-refractivity contribution is -0.0124. The van der Waals surface area contributed by atoms with Crippen molar-refractivity contribution in [3.05, 3.63) is 23.9 Å². The van der Waals surface area contributed by atoms with E-state index in [0.29, 0.717) is 25.3 Å². The number of morpholine rings is 2. The summed E-state index contributed by atoms with van der Waals surface area (Å²) in [5.74, 6) is 0.941. The predicted molar refractivity (Wildman–Crippen MR) is 78.6 cm³/mol. The van der Waals surface area contributed by atoms with Crippen molar-refractivity contribution in [3.63, 3.8) is 0 Å². The molecule has 0 radical (unpaired) electrons. The number of hydrogen-bond donors (Lipinski definition) is 0. The third-order valence-corrected chi connectivity index (χ3v) is 3.86. The normalized spacial score (nSPS) is 23.2. The first-order valence-corrected chi connectivity index (χ1v) is 7.43. The first kappa shape index (κ1) is 14.3. The van der Waals surface area contributed by atoms with Crippen LogP contribution in [0.5, 0.6) is 0 Å². The smallest absolute Gasteiger partial charge is 0.255 e. The number of nitrogens with zero attached hydrogens (tertiary/aromatic N) is 3. The van der Waals surface area contributed by atoms with Crippen molar-refractivity contribution in [3.8, 4) is 0 Å². The van der Waals surface area contributed by atoms with Gasteiger partial charge in [-0.25, -0.2) is 4.98 Å². The Morgan fingerprint density at radius 3 is 2.71 bits per heavy atom. The second kappa shape index (κ2) is 6.41. The molecule has 2 saturated heterocycles. The van der Waals surface area contributed by atoms with Crippen molar-refractivity contribution in [1.29, 1.82) is 0 Å². The summed E-state index contributed by atoms with van der Waals surface area (Å²) in [6, 6.07) is 3.78. The molecule has 0 N–H and O–H groups in total. The van der Waals surface area contributed by atoms with Crippen LogP contribution in [-0.4, -0.2) is 67.9 Å². The van der Waals surface area contributed by atoms with Gasteiger partial charge in [-0.15, -0.1) is 0 Å². The molecular formula is C15H21N3O3. The van der Waals surface area contributed by atoms with Gasteiger partial charge < -0.3 is 19.3 Å². The largest absolute Gasteiger partial charge is 0.378 e. The molecule has 2 fully saturated rings. The molecule has 1 aromatic rings. The second-order valence-corrected chi connectivity index (χ2v) is 5.44. The molecule has 2 aliphatic rings. The van der Waals surface area contributed by atoms with Gasteiger partial charge >= 0.3 is 0 Å². The SMILES string of the molecule is C[C@@H]1CN(C(=O)c2ccc(N3CCOCC3)nc2)CCO1. The summed E-state index contributed by atoms with van der Waals surface area (Å²) in [5, 5.41) is 0. The molecule has 3 rings (SSSR count). The number of carbonyl (C=O) groups is 1. The standard InChI is InChI=1S/C15H21N3O3/c1-12-11-18(6-9-21-12)15(19)13-2-3-14(16-10-13)17-4-7-20-8-5-17/h2-3,10,12H,4-9,11H2,1H3/t12-/m1/s1. The number of rotatable bonds is 2. The van der Waals surface area contributed by atoms with Crippen LogP contribution < -0.4 is 4.90 Å². The molecule has 0 aliphatic carbocycles. The zero-order chi connectivity index (χ0) is 14.7. The van der Waals surface area contributed by atoms with E-state index in [1.807, 2.05) is 24.0 Å². The zero-order valence-electron chi connectivity index (χ0n) is 12.3. The third-order valence-electron chi connectivity index (χ3n) is 3.86. The maximum Gasteiger partial charge on any atom is 0.255 e. The highest BCUT2D eigenvalue weighted by Gasteiger charge is 2.23. The van der Waals surface area contributed by atoms with Crippen molar-refractivity contribution in [1.82, 2.24) is 9.88 Å². The van der Waals surface area contributed by atoms with E-state index in [9.17, 15) is 4.79 Å². The van der Waals surface area contributed by atoms with Gasteiger partial charge in [0.2, 0.25) is 0 Å². The van der Waals surface area contributed by atoms with Crippen LogP contribution in [0.1, 0.15) is 17.3 Å². The van der Waals surface area contributed by atoms with Crippen LogP contribution >= 0.6 is 0 Å². The molecule has 0 saturated carbocycles. The average Bonchev–Trinajstić information content (AvgIpc) is 2.55. The molecule has 6 nitrogen and oxygen atoms in total. The highest BCUT2D eigenvalue weighted by atomic mass is 16.5. The fourth-order valence-electron chi connectivity index (χ4n) is 2.68. The maximum atomic E-state index is 12.4. The Balaban J connectivity index is 1.67. The number of carbonyl (C=O) groups excluding carboxylic acids is 1. The van der Waals surface area contributed by atoms with Gasteiger partial charge in [-0.3, -0.25) is 4.79 Å². The summed E-state index contributed by atoms with van der Waals surface area (Å²) >= 11 is 0. The van der Waals surface area contributed by atoms with Gasteiger partial charge in [-0.1, -0.05) is 0 Å². The molecule has 0 spiro atoms. The minimum Gasteiger partial charge on any atom is -0.378 e. The zero-order valence-corrected chi connectivity index (χ0v) is 12.3. The van der Waals surface area contributed by atoms with Crippen LogP contribution in [0.3, 0.4) is 0 Å². The molecule has 6 heteroatoms. The minimum atomic E-state index is 0.0335. The first-order valence-electron chi connectivity index (χ1n) is 7.43. The number of aromatic nitrogens is 1. The molecule has 0 bridgehead atoms. The van der Waals surface area contributed by atoms with Gasteiger partial charge in [0.15, 0.2) is 0 Å². The van der Waals surface area contributed by atoms with Crippen LogP contribution in [0.2, 0.25) is 0 Å². The van der Waals surface area contributed by atoms with Crippen molar-refractivity contribution in [2.45, 2.75) is 13.0 Å². The lowest BCUT2D eigenvalue weighted by Crippen LogP contribution is -2.44. The van der Waals surface area contributed by atoms with E-state index in [0.717, 1.165) is 32.1 Å². The average molecular weight is 291 g/mol. The minimum absolute atomic E-state index is 0.0335. The van der Waals surface area contributed by atoms with E-state index in [4.69, 9.17) is 9.47 Å². The summed E-state index contributed by atoms with van der Waals surface area (Å²) < 4.78 is 10.8. The highest BCUT2D eigenvalue weighted by Crippen LogP contribution is 2.15. The summed E-state index contributed by atoms with van der Waals surface area (Å²) in [5.41, 5.74) is 0.640. The van der Waals surface area contributed by atoms with Gasteiger partial charge in [0.1, 0.15) is 5.82 Å². The summed E-state index contributed by atoms with van der Waals surface area (Å²) in [7, 11) is 0. The van der Waals surface area contributed by atoms with Crippen LogP contribution in [0.4, 0.5) is 5.82 Å². The fourth-order valence-corrected chi connectivity index (χ4v) is 2.68. The van der Waals surface area contributed by atoms with Gasteiger partial charge in [0.25, 0.3) is 5.91 Å².